The fourth-order valence-corrected chi connectivity index (χ4v) is 3.50. The number of unbranched alkanes of at least 4 members (excludes halogenated alkanes) is 4. The molecule has 0 saturated heterocycles. The second kappa shape index (κ2) is 13.4. The largest absolute Gasteiger partial charge is 0.508 e. The molecule has 1 amide bonds. The number of carbonyl (C=O) groups excluding carboxylic acids is 3. The summed E-state index contributed by atoms with van der Waals surface area (Å²) < 4.78 is 0. The number of benzene rings is 2. The summed E-state index contributed by atoms with van der Waals surface area (Å²) in [7, 11) is 0. The Morgan fingerprint density at radius 1 is 0.774 bits per heavy atom. The molecule has 0 aliphatic rings. The zero-order valence-electron chi connectivity index (χ0n) is 18.4. The number of phenols is 1. The Bertz CT molecular complexity index is 830. The molecule has 2 rings (SSSR count). The van der Waals surface area contributed by atoms with Crippen LogP contribution in [0.25, 0.3) is 0 Å². The summed E-state index contributed by atoms with van der Waals surface area (Å²) in [5, 5.41) is 9.31. The highest BCUT2D eigenvalue weighted by molar-refractivity contribution is 5.95. The van der Waals surface area contributed by atoms with Gasteiger partial charge in [0.2, 0.25) is 5.91 Å². The summed E-state index contributed by atoms with van der Waals surface area (Å²) in [5.41, 5.74) is 1.64. The van der Waals surface area contributed by atoms with Crippen LogP contribution in [0.15, 0.2) is 54.6 Å². The third kappa shape index (κ3) is 9.60. The van der Waals surface area contributed by atoms with Gasteiger partial charge in [-0.3, -0.25) is 14.4 Å². The van der Waals surface area contributed by atoms with Crippen LogP contribution in [0.2, 0.25) is 0 Å². The molecule has 166 valence electrons. The molecule has 0 heterocycles. The number of hydrogen-bond donors (Lipinski definition) is 1. The predicted octanol–water partition coefficient (Wildman–Crippen LogP) is 4.97. The van der Waals surface area contributed by atoms with Gasteiger partial charge in [0, 0.05) is 44.8 Å². The van der Waals surface area contributed by atoms with Crippen molar-refractivity contribution >= 4 is 17.5 Å². The quantitative estimate of drug-likeness (QED) is 0.344. The van der Waals surface area contributed by atoms with E-state index in [1.54, 1.807) is 36.1 Å². The minimum absolute atomic E-state index is 0.00843. The van der Waals surface area contributed by atoms with Gasteiger partial charge in [0.1, 0.15) is 11.5 Å². The van der Waals surface area contributed by atoms with Crippen LogP contribution in [0, 0.1) is 0 Å². The Kier molecular flexibility index (Phi) is 10.5. The maximum absolute atomic E-state index is 12.2. The molecule has 0 unspecified atom stereocenters. The Hall–Kier alpha value is -2.95. The van der Waals surface area contributed by atoms with Gasteiger partial charge in [0.05, 0.1) is 0 Å². The second-order valence-corrected chi connectivity index (χ2v) is 7.94. The Morgan fingerprint density at radius 2 is 1.42 bits per heavy atom. The molecule has 2 aromatic rings. The molecule has 0 saturated carbocycles. The van der Waals surface area contributed by atoms with E-state index in [1.807, 2.05) is 30.3 Å². The number of aromatic hydroxyl groups is 1. The van der Waals surface area contributed by atoms with Crippen LogP contribution in [-0.4, -0.2) is 40.6 Å². The molecule has 0 aliphatic carbocycles. The summed E-state index contributed by atoms with van der Waals surface area (Å²) in [6.07, 6.45) is 6.05. The smallest absolute Gasteiger partial charge is 0.219 e. The first kappa shape index (κ1) is 24.3. The summed E-state index contributed by atoms with van der Waals surface area (Å²) in [6, 6.07) is 16.0. The first-order valence-electron chi connectivity index (χ1n) is 11.1. The highest BCUT2D eigenvalue weighted by atomic mass is 16.3. The van der Waals surface area contributed by atoms with Gasteiger partial charge >= 0.3 is 0 Å². The van der Waals surface area contributed by atoms with E-state index in [1.165, 1.54) is 0 Å². The highest BCUT2D eigenvalue weighted by Gasteiger charge is 2.12. The van der Waals surface area contributed by atoms with Gasteiger partial charge in [-0.05, 0) is 30.5 Å². The molecule has 0 fully saturated rings. The second-order valence-electron chi connectivity index (χ2n) is 7.94. The van der Waals surface area contributed by atoms with E-state index < -0.39 is 0 Å². The monoisotopic (exact) mass is 423 g/mol. The lowest BCUT2D eigenvalue weighted by atomic mass is 10.0. The molecular weight excluding hydrogens is 390 g/mol. The first-order valence-corrected chi connectivity index (χ1v) is 11.1. The predicted molar refractivity (Wildman–Crippen MR) is 122 cm³/mol. The van der Waals surface area contributed by atoms with E-state index in [-0.39, 0.29) is 23.2 Å². The Morgan fingerprint density at radius 3 is 2.10 bits per heavy atom. The number of phenolic OH excluding ortho intramolecular Hbond substituents is 1. The van der Waals surface area contributed by atoms with Gasteiger partial charge in [-0.2, -0.15) is 0 Å². The minimum Gasteiger partial charge on any atom is -0.508 e. The lowest BCUT2D eigenvalue weighted by molar-refractivity contribution is -0.129. The number of rotatable bonds is 14. The van der Waals surface area contributed by atoms with E-state index in [4.69, 9.17) is 0 Å². The zero-order valence-corrected chi connectivity index (χ0v) is 18.4. The van der Waals surface area contributed by atoms with Crippen LogP contribution >= 0.6 is 0 Å². The molecule has 0 aliphatic heterocycles. The molecule has 31 heavy (non-hydrogen) atoms. The van der Waals surface area contributed by atoms with Crippen molar-refractivity contribution in [3.05, 3.63) is 65.7 Å². The van der Waals surface area contributed by atoms with E-state index >= 15 is 0 Å². The summed E-state index contributed by atoms with van der Waals surface area (Å²) >= 11 is 0. The van der Waals surface area contributed by atoms with Crippen LogP contribution in [0.4, 0.5) is 0 Å². The summed E-state index contributed by atoms with van der Waals surface area (Å²) in [5.74, 6) is 0.452. The number of amides is 1. The van der Waals surface area contributed by atoms with Crippen molar-refractivity contribution in [2.45, 2.75) is 58.3 Å². The van der Waals surface area contributed by atoms with E-state index in [0.29, 0.717) is 32.4 Å². The molecule has 1 N–H and O–H groups in total. The van der Waals surface area contributed by atoms with Crippen molar-refractivity contribution in [3.63, 3.8) is 0 Å². The first-order chi connectivity index (χ1) is 15.0. The average Bonchev–Trinajstić information content (AvgIpc) is 2.76. The van der Waals surface area contributed by atoms with Crippen molar-refractivity contribution < 1.29 is 19.5 Å². The molecule has 0 spiro atoms. The van der Waals surface area contributed by atoms with Crippen molar-refractivity contribution in [1.82, 2.24) is 4.90 Å². The number of ketones is 2. The lowest BCUT2D eigenvalue weighted by Crippen LogP contribution is -2.32. The van der Waals surface area contributed by atoms with Gasteiger partial charge in [0.15, 0.2) is 5.78 Å². The average molecular weight is 424 g/mol. The lowest BCUT2D eigenvalue weighted by Gasteiger charge is -2.20. The molecule has 5 nitrogen and oxygen atoms in total. The highest BCUT2D eigenvalue weighted by Crippen LogP contribution is 2.12. The van der Waals surface area contributed by atoms with Gasteiger partial charge < -0.3 is 10.0 Å². The van der Waals surface area contributed by atoms with Crippen LogP contribution in [0.1, 0.15) is 67.8 Å². The Labute approximate surface area is 185 Å². The van der Waals surface area contributed by atoms with Gasteiger partial charge in [-0.15, -0.1) is 0 Å². The Balaban J connectivity index is 1.58. The van der Waals surface area contributed by atoms with Crippen LogP contribution in [0.5, 0.6) is 5.75 Å². The van der Waals surface area contributed by atoms with Crippen molar-refractivity contribution in [2.24, 2.45) is 0 Å². The fraction of sp³-hybridized carbons (Fsp3) is 0.423. The normalized spacial score (nSPS) is 10.6. The summed E-state index contributed by atoms with van der Waals surface area (Å²) in [4.78, 5) is 37.9. The van der Waals surface area contributed by atoms with Crippen LogP contribution in [0.3, 0.4) is 0 Å². The van der Waals surface area contributed by atoms with E-state index in [0.717, 1.165) is 43.2 Å². The van der Waals surface area contributed by atoms with Crippen molar-refractivity contribution in [1.29, 1.82) is 0 Å². The molecule has 2 aromatic carbocycles. The minimum atomic E-state index is -0.00843. The standard InChI is InChI=1S/C26H33NO4/c1-21(28)27(19-17-25(30)20-22-13-15-24(29)16-14-22)18-9-4-2-3-8-12-26(31)23-10-6-5-7-11-23/h5-7,10-11,13-16,29H,2-4,8-9,12,17-20H2,1H3. The molecular formula is C26H33NO4. The van der Waals surface area contributed by atoms with Gasteiger partial charge in [-0.25, -0.2) is 0 Å². The van der Waals surface area contributed by atoms with Crippen molar-refractivity contribution in [2.75, 3.05) is 13.1 Å². The maximum atomic E-state index is 12.2. The topological polar surface area (TPSA) is 74.7 Å². The zero-order chi connectivity index (χ0) is 22.5. The van der Waals surface area contributed by atoms with Crippen molar-refractivity contribution in [3.8, 4) is 5.75 Å². The molecule has 5 heteroatoms. The molecule has 0 atom stereocenters. The number of nitrogens with zero attached hydrogens (tertiary/aromatic N) is 1. The van der Waals surface area contributed by atoms with Crippen LogP contribution in [-0.2, 0) is 16.0 Å². The maximum Gasteiger partial charge on any atom is 0.219 e. The third-order valence-electron chi connectivity index (χ3n) is 5.37. The fourth-order valence-electron chi connectivity index (χ4n) is 3.50. The van der Waals surface area contributed by atoms with Crippen LogP contribution < -0.4 is 0 Å². The number of carbonyl (C=O) groups is 3. The third-order valence-corrected chi connectivity index (χ3v) is 5.37. The molecule has 0 bridgehead atoms. The summed E-state index contributed by atoms with van der Waals surface area (Å²) in [6.45, 7) is 2.64. The molecule has 0 radical (unpaired) electrons. The van der Waals surface area contributed by atoms with Gasteiger partial charge in [-0.1, -0.05) is 61.7 Å². The van der Waals surface area contributed by atoms with Gasteiger partial charge in [0.25, 0.3) is 0 Å². The van der Waals surface area contributed by atoms with E-state index in [2.05, 4.69) is 0 Å². The van der Waals surface area contributed by atoms with E-state index in [9.17, 15) is 19.5 Å². The molecule has 0 aromatic heterocycles. The number of hydrogen-bond acceptors (Lipinski definition) is 4. The SMILES string of the molecule is CC(=O)N(CCCCCCCC(=O)c1ccccc1)CCC(=O)Cc1ccc(O)cc1. The number of Topliss-reactive ketones (excluding diaryl/α,β-unsaturated/α-hetero) is 2.